The molecule has 214 valence electrons. The van der Waals surface area contributed by atoms with Crippen molar-refractivity contribution in [3.8, 4) is 17.3 Å². The van der Waals surface area contributed by atoms with E-state index < -0.39 is 0 Å². The zero-order valence-corrected chi connectivity index (χ0v) is 24.3. The van der Waals surface area contributed by atoms with Gasteiger partial charge in [-0.2, -0.15) is 0 Å². The topological polar surface area (TPSA) is 91.2 Å². The van der Waals surface area contributed by atoms with Gasteiger partial charge in [0, 0.05) is 48.9 Å². The Morgan fingerprint density at radius 2 is 1.88 bits per heavy atom. The highest BCUT2D eigenvalue weighted by Gasteiger charge is 2.47. The number of likely N-dealkylation sites (tertiary alicyclic amines) is 1. The van der Waals surface area contributed by atoms with Crippen molar-refractivity contribution in [2.24, 2.45) is 28.9 Å². The Labute approximate surface area is 240 Å². The highest BCUT2D eigenvalue weighted by Crippen LogP contribution is 2.47. The molecule has 1 aromatic carbocycles. The molecule has 0 spiro atoms. The summed E-state index contributed by atoms with van der Waals surface area (Å²) in [6.07, 6.45) is 8.90. The van der Waals surface area contributed by atoms with E-state index in [9.17, 15) is 4.79 Å². The third-order valence-electron chi connectivity index (χ3n) is 10.3. The summed E-state index contributed by atoms with van der Waals surface area (Å²) in [6.45, 7) is 7.28. The number of benzene rings is 1. The van der Waals surface area contributed by atoms with E-state index in [2.05, 4.69) is 35.1 Å². The average Bonchev–Trinajstić information content (AvgIpc) is 3.31. The van der Waals surface area contributed by atoms with Gasteiger partial charge < -0.3 is 24.5 Å². The van der Waals surface area contributed by atoms with Crippen molar-refractivity contribution in [1.29, 1.82) is 0 Å². The number of carbonyl (C=O) groups is 1. The largest absolute Gasteiger partial charge is 0.494 e. The molecule has 8 heteroatoms. The van der Waals surface area contributed by atoms with Gasteiger partial charge in [0.1, 0.15) is 16.9 Å². The number of piperidine rings is 1. The van der Waals surface area contributed by atoms with Crippen LogP contribution in [-0.4, -0.2) is 55.6 Å². The van der Waals surface area contributed by atoms with Crippen LogP contribution in [0.25, 0.3) is 33.6 Å². The smallest absolute Gasteiger partial charge is 0.254 e. The lowest BCUT2D eigenvalue weighted by Crippen LogP contribution is -2.41. The van der Waals surface area contributed by atoms with Crippen LogP contribution in [0, 0.1) is 23.2 Å². The lowest BCUT2D eigenvalue weighted by atomic mass is 9.64. The maximum Gasteiger partial charge on any atom is 0.254 e. The van der Waals surface area contributed by atoms with Gasteiger partial charge in [0.15, 0.2) is 5.82 Å². The minimum Gasteiger partial charge on any atom is -0.494 e. The van der Waals surface area contributed by atoms with Gasteiger partial charge in [0.05, 0.1) is 18.3 Å². The van der Waals surface area contributed by atoms with E-state index in [1.54, 1.807) is 7.11 Å². The molecule has 3 aliphatic carbocycles. The number of aromatic nitrogens is 4. The van der Waals surface area contributed by atoms with Gasteiger partial charge in [0.2, 0.25) is 0 Å². The lowest BCUT2D eigenvalue weighted by Gasteiger charge is -2.43. The van der Waals surface area contributed by atoms with Crippen molar-refractivity contribution in [2.75, 3.05) is 13.7 Å². The number of ether oxygens (including phenoxy) is 1. The summed E-state index contributed by atoms with van der Waals surface area (Å²) in [5, 5.41) is 1.13. The maximum atomic E-state index is 13.8. The molecule has 1 aliphatic heterocycles. The van der Waals surface area contributed by atoms with Crippen LogP contribution < -0.4 is 10.5 Å². The summed E-state index contributed by atoms with van der Waals surface area (Å²) >= 11 is 0. The van der Waals surface area contributed by atoms with Crippen LogP contribution in [0.2, 0.25) is 0 Å². The first-order valence-electron chi connectivity index (χ1n) is 15.4. The van der Waals surface area contributed by atoms with Gasteiger partial charge in [-0.15, -0.1) is 0 Å². The van der Waals surface area contributed by atoms with Gasteiger partial charge in [-0.3, -0.25) is 4.79 Å². The van der Waals surface area contributed by atoms with Crippen LogP contribution in [-0.2, 0) is 13.1 Å². The van der Waals surface area contributed by atoms with Crippen molar-refractivity contribution in [2.45, 2.75) is 77.5 Å². The van der Waals surface area contributed by atoms with E-state index in [-0.39, 0.29) is 18.0 Å². The number of amides is 1. The summed E-state index contributed by atoms with van der Waals surface area (Å²) in [4.78, 5) is 25.9. The van der Waals surface area contributed by atoms with Crippen LogP contribution in [0.5, 0.6) is 5.75 Å². The number of imidazole rings is 1. The number of carbonyl (C=O) groups excluding carboxylic acids is 1. The van der Waals surface area contributed by atoms with E-state index in [1.807, 2.05) is 29.3 Å². The first-order valence-corrected chi connectivity index (χ1v) is 15.4. The third kappa shape index (κ3) is 4.09. The lowest BCUT2D eigenvalue weighted by molar-refractivity contribution is 0.0700. The number of methoxy groups -OCH3 is 1. The SMILES string of the molecule is COc1cc(C(=O)N2C[C@H]3CCC2[C@@H]3N)cc2nc(-c3cc4cccnc4n3CC3CC3)n(CC3CC(C)(C)C3)c12. The van der Waals surface area contributed by atoms with E-state index in [0.29, 0.717) is 34.5 Å². The molecular weight excluding hydrogens is 512 g/mol. The summed E-state index contributed by atoms with van der Waals surface area (Å²) in [7, 11) is 1.70. The van der Waals surface area contributed by atoms with E-state index in [0.717, 1.165) is 66.1 Å². The third-order valence-corrected chi connectivity index (χ3v) is 10.3. The molecule has 3 aromatic heterocycles. The first kappa shape index (κ1) is 25.3. The number of fused-ring (bicyclic) bond motifs is 4. The average molecular weight is 553 g/mol. The molecule has 1 saturated heterocycles. The zero-order valence-electron chi connectivity index (χ0n) is 24.3. The molecule has 4 fully saturated rings. The Bertz CT molecular complexity index is 1670. The molecule has 1 unspecified atom stereocenters. The monoisotopic (exact) mass is 552 g/mol. The van der Waals surface area contributed by atoms with Crippen molar-refractivity contribution < 1.29 is 9.53 Å². The van der Waals surface area contributed by atoms with Crippen LogP contribution in [0.15, 0.2) is 36.5 Å². The Morgan fingerprint density at radius 3 is 2.56 bits per heavy atom. The molecular formula is C33H40N6O2. The fourth-order valence-corrected chi connectivity index (χ4v) is 8.24. The van der Waals surface area contributed by atoms with Gasteiger partial charge >= 0.3 is 0 Å². The Hall–Kier alpha value is -3.39. The van der Waals surface area contributed by atoms with Crippen LogP contribution >= 0.6 is 0 Å². The van der Waals surface area contributed by atoms with Gasteiger partial charge in [0.25, 0.3) is 5.91 Å². The number of nitrogens with zero attached hydrogens (tertiary/aromatic N) is 5. The molecule has 1 amide bonds. The zero-order chi connectivity index (χ0) is 28.0. The maximum absolute atomic E-state index is 13.8. The fourth-order valence-electron chi connectivity index (χ4n) is 8.24. The molecule has 3 atom stereocenters. The normalized spacial score (nSPS) is 25.4. The first-order chi connectivity index (χ1) is 19.8. The summed E-state index contributed by atoms with van der Waals surface area (Å²) in [5.41, 5.74) is 11.4. The van der Waals surface area contributed by atoms with Crippen molar-refractivity contribution in [1.82, 2.24) is 24.0 Å². The van der Waals surface area contributed by atoms with E-state index >= 15 is 0 Å². The standard InChI is InChI=1S/C33H40N6O2/c1-33(2)14-20(15-33)17-39-29-24(11-23(13-27(29)41-3)32(40)38-18-22-8-9-25(38)28(22)34)36-31(39)26-12-21-5-4-10-35-30(21)37(26)16-19-6-7-19/h4-5,10-13,19-20,22,25,28H,6-9,14-18,34H2,1-3H3/t22-,25?,28-/m1/s1. The quantitative estimate of drug-likeness (QED) is 0.328. The van der Waals surface area contributed by atoms with E-state index in [1.165, 1.54) is 25.7 Å². The molecule has 4 aliphatic rings. The summed E-state index contributed by atoms with van der Waals surface area (Å²) in [6, 6.07) is 10.5. The molecule has 0 radical (unpaired) electrons. The molecule has 8 rings (SSSR count). The number of hydrogen-bond donors (Lipinski definition) is 1. The van der Waals surface area contributed by atoms with Crippen molar-refractivity contribution >= 4 is 28.0 Å². The molecule has 41 heavy (non-hydrogen) atoms. The highest BCUT2D eigenvalue weighted by atomic mass is 16.5. The molecule has 2 N–H and O–H groups in total. The Balaban J connectivity index is 1.28. The minimum atomic E-state index is 0.0386. The second-order valence-corrected chi connectivity index (χ2v) is 14.0. The summed E-state index contributed by atoms with van der Waals surface area (Å²) < 4.78 is 10.8. The van der Waals surface area contributed by atoms with Crippen molar-refractivity contribution in [3.63, 3.8) is 0 Å². The fraction of sp³-hybridized carbons (Fsp3) is 0.545. The van der Waals surface area contributed by atoms with Gasteiger partial charge in [-0.1, -0.05) is 13.8 Å². The van der Waals surface area contributed by atoms with Gasteiger partial charge in [-0.25, -0.2) is 9.97 Å². The summed E-state index contributed by atoms with van der Waals surface area (Å²) in [5.74, 6) is 3.37. The van der Waals surface area contributed by atoms with E-state index in [4.69, 9.17) is 20.4 Å². The Morgan fingerprint density at radius 1 is 1.07 bits per heavy atom. The Kier molecular flexibility index (Phi) is 5.59. The molecule has 8 nitrogen and oxygen atoms in total. The molecule has 3 saturated carbocycles. The predicted octanol–water partition coefficient (Wildman–Crippen LogP) is 5.47. The second kappa shape index (κ2) is 9.05. The second-order valence-electron chi connectivity index (χ2n) is 14.0. The van der Waals surface area contributed by atoms with Gasteiger partial charge in [-0.05, 0) is 92.0 Å². The minimum absolute atomic E-state index is 0.0386. The van der Waals surface area contributed by atoms with Crippen LogP contribution in [0.1, 0.15) is 62.7 Å². The molecule has 2 bridgehead atoms. The van der Waals surface area contributed by atoms with Crippen LogP contribution in [0.4, 0.5) is 0 Å². The van der Waals surface area contributed by atoms with Crippen LogP contribution in [0.3, 0.4) is 0 Å². The number of nitrogens with two attached hydrogens (primary N) is 1. The number of pyridine rings is 1. The number of hydrogen-bond acceptors (Lipinski definition) is 5. The highest BCUT2D eigenvalue weighted by molar-refractivity contribution is 6.00. The predicted molar refractivity (Wildman–Crippen MR) is 160 cm³/mol. The molecule has 4 aromatic rings. The number of rotatable bonds is 7. The van der Waals surface area contributed by atoms with Crippen molar-refractivity contribution in [3.05, 3.63) is 42.1 Å². The molecule has 4 heterocycles.